The molecule has 1 aromatic carbocycles. The van der Waals surface area contributed by atoms with E-state index in [4.69, 9.17) is 0 Å². The zero-order chi connectivity index (χ0) is 15.0. The van der Waals surface area contributed by atoms with Gasteiger partial charge in [-0.05, 0) is 55.4 Å². The fourth-order valence-corrected chi connectivity index (χ4v) is 4.06. The van der Waals surface area contributed by atoms with Crippen LogP contribution >= 0.6 is 0 Å². The van der Waals surface area contributed by atoms with Gasteiger partial charge in [0.25, 0.3) is 0 Å². The lowest BCUT2D eigenvalue weighted by atomic mass is 9.84. The Hall–Kier alpha value is -1.42. The first kappa shape index (κ1) is 14.5. The maximum Gasteiger partial charge on any atom is 0.320 e. The zero-order valence-electron chi connectivity index (χ0n) is 12.4. The number of rotatable bonds is 3. The quantitative estimate of drug-likeness (QED) is 0.928. The summed E-state index contributed by atoms with van der Waals surface area (Å²) in [7, 11) is 0. The highest BCUT2D eigenvalue weighted by molar-refractivity contribution is 5.74. The van der Waals surface area contributed by atoms with Crippen LogP contribution in [0.25, 0.3) is 0 Å². The first-order valence-electron chi connectivity index (χ1n) is 7.80. The molecule has 3 unspecified atom stereocenters. The summed E-state index contributed by atoms with van der Waals surface area (Å²) < 4.78 is 13.2. The molecular weight excluding hydrogens is 269 g/mol. The van der Waals surface area contributed by atoms with E-state index in [-0.39, 0.29) is 11.9 Å². The van der Waals surface area contributed by atoms with Crippen molar-refractivity contribution in [2.75, 3.05) is 0 Å². The number of benzene rings is 1. The third-order valence-corrected chi connectivity index (χ3v) is 5.16. The molecule has 1 aliphatic heterocycles. The van der Waals surface area contributed by atoms with Crippen LogP contribution in [0, 0.1) is 18.7 Å². The molecule has 1 heterocycles. The lowest BCUT2D eigenvalue weighted by Gasteiger charge is -2.33. The highest BCUT2D eigenvalue weighted by Gasteiger charge is 2.45. The second-order valence-electron chi connectivity index (χ2n) is 6.44. The summed E-state index contributed by atoms with van der Waals surface area (Å²) in [4.78, 5) is 13.7. The molecule has 1 saturated carbocycles. The first-order valence-corrected chi connectivity index (χ1v) is 7.80. The van der Waals surface area contributed by atoms with Crippen LogP contribution in [0.15, 0.2) is 18.2 Å². The van der Waals surface area contributed by atoms with Gasteiger partial charge in [0.1, 0.15) is 11.9 Å². The topological polar surface area (TPSA) is 40.5 Å². The number of hydrogen-bond acceptors (Lipinski definition) is 2. The van der Waals surface area contributed by atoms with E-state index in [1.807, 2.05) is 6.92 Å². The summed E-state index contributed by atoms with van der Waals surface area (Å²) in [6.07, 6.45) is 5.41. The van der Waals surface area contributed by atoms with E-state index in [1.54, 1.807) is 6.07 Å². The maximum absolute atomic E-state index is 13.2. The van der Waals surface area contributed by atoms with Crippen LogP contribution in [-0.4, -0.2) is 28.1 Å². The lowest BCUT2D eigenvalue weighted by molar-refractivity contribution is -0.142. The molecule has 2 aliphatic rings. The van der Waals surface area contributed by atoms with Crippen molar-refractivity contribution in [3.8, 4) is 0 Å². The molecule has 1 aliphatic carbocycles. The van der Waals surface area contributed by atoms with Crippen molar-refractivity contribution >= 4 is 5.97 Å². The van der Waals surface area contributed by atoms with E-state index in [0.717, 1.165) is 30.4 Å². The Labute approximate surface area is 124 Å². The number of hydrogen-bond donors (Lipinski definition) is 1. The highest BCUT2D eigenvalue weighted by atomic mass is 19.1. The average Bonchev–Trinajstić information content (AvgIpc) is 2.81. The molecule has 1 saturated heterocycles. The largest absolute Gasteiger partial charge is 0.480 e. The van der Waals surface area contributed by atoms with E-state index in [2.05, 4.69) is 4.90 Å². The number of fused-ring (bicyclic) bond motifs is 1. The fraction of sp³-hybridized carbons (Fsp3) is 0.588. The minimum Gasteiger partial charge on any atom is -0.480 e. The average molecular weight is 291 g/mol. The van der Waals surface area contributed by atoms with Crippen molar-refractivity contribution < 1.29 is 14.3 Å². The number of carboxylic acids is 1. The molecule has 4 heteroatoms. The van der Waals surface area contributed by atoms with Crippen LogP contribution in [0.4, 0.5) is 4.39 Å². The minimum absolute atomic E-state index is 0.233. The Bertz CT molecular complexity index is 546. The van der Waals surface area contributed by atoms with Gasteiger partial charge in [-0.3, -0.25) is 9.69 Å². The summed E-state index contributed by atoms with van der Waals surface area (Å²) in [6.45, 7) is 2.51. The zero-order valence-corrected chi connectivity index (χ0v) is 12.4. The lowest BCUT2D eigenvalue weighted by Crippen LogP contribution is -2.41. The van der Waals surface area contributed by atoms with Crippen LogP contribution in [0.5, 0.6) is 0 Å². The summed E-state index contributed by atoms with van der Waals surface area (Å²) in [5.41, 5.74) is 1.94. The molecule has 0 radical (unpaired) electrons. The van der Waals surface area contributed by atoms with Crippen LogP contribution in [0.1, 0.15) is 43.2 Å². The minimum atomic E-state index is -0.718. The van der Waals surface area contributed by atoms with Gasteiger partial charge in [0.05, 0.1) is 0 Å². The maximum atomic E-state index is 13.2. The number of carboxylic acid groups (broad SMARTS) is 1. The van der Waals surface area contributed by atoms with Gasteiger partial charge in [-0.1, -0.05) is 18.9 Å². The Morgan fingerprint density at radius 2 is 2.14 bits per heavy atom. The predicted octanol–water partition coefficient (Wildman–Crippen LogP) is 3.35. The van der Waals surface area contributed by atoms with Crippen LogP contribution in [0.2, 0.25) is 0 Å². The summed E-state index contributed by atoms with van der Waals surface area (Å²) in [5.74, 6) is -0.437. The Kier molecular flexibility index (Phi) is 3.98. The van der Waals surface area contributed by atoms with E-state index in [9.17, 15) is 14.3 Å². The van der Waals surface area contributed by atoms with Gasteiger partial charge in [0.2, 0.25) is 0 Å². The van der Waals surface area contributed by atoms with Crippen molar-refractivity contribution in [2.45, 2.75) is 57.7 Å². The number of likely N-dealkylation sites (tertiary alicyclic amines) is 1. The van der Waals surface area contributed by atoms with Gasteiger partial charge in [-0.25, -0.2) is 4.39 Å². The molecule has 114 valence electrons. The fourth-order valence-electron chi connectivity index (χ4n) is 4.06. The molecule has 21 heavy (non-hydrogen) atoms. The smallest absolute Gasteiger partial charge is 0.320 e. The molecule has 0 aromatic heterocycles. The van der Waals surface area contributed by atoms with E-state index >= 15 is 0 Å². The second kappa shape index (κ2) is 5.76. The van der Waals surface area contributed by atoms with Crippen LogP contribution in [-0.2, 0) is 11.3 Å². The molecule has 3 rings (SSSR count). The molecule has 1 aromatic rings. The third kappa shape index (κ3) is 2.82. The van der Waals surface area contributed by atoms with Crippen LogP contribution in [0.3, 0.4) is 0 Å². The third-order valence-electron chi connectivity index (χ3n) is 5.16. The monoisotopic (exact) mass is 291 g/mol. The van der Waals surface area contributed by atoms with Crippen molar-refractivity contribution in [1.82, 2.24) is 4.90 Å². The second-order valence-corrected chi connectivity index (χ2v) is 6.44. The SMILES string of the molecule is Cc1cc(F)ccc1CN1C(C(=O)O)CC2CCCCC21. The summed E-state index contributed by atoms with van der Waals surface area (Å²) >= 11 is 0. The molecular formula is C17H22FNO2. The van der Waals surface area contributed by atoms with Gasteiger partial charge in [-0.2, -0.15) is 0 Å². The highest BCUT2D eigenvalue weighted by Crippen LogP contribution is 2.40. The summed E-state index contributed by atoms with van der Waals surface area (Å²) in [6, 6.07) is 4.78. The molecule has 3 atom stereocenters. The summed E-state index contributed by atoms with van der Waals surface area (Å²) in [5, 5.41) is 9.52. The van der Waals surface area contributed by atoms with Crippen molar-refractivity contribution in [1.29, 1.82) is 0 Å². The Morgan fingerprint density at radius 3 is 2.86 bits per heavy atom. The molecule has 0 bridgehead atoms. The normalized spacial score (nSPS) is 29.3. The van der Waals surface area contributed by atoms with Gasteiger partial charge in [-0.15, -0.1) is 0 Å². The van der Waals surface area contributed by atoms with E-state index < -0.39 is 5.97 Å². The number of aryl methyl sites for hydroxylation is 1. The number of aliphatic carboxylic acids is 1. The van der Waals surface area contributed by atoms with Gasteiger partial charge in [0.15, 0.2) is 0 Å². The van der Waals surface area contributed by atoms with Crippen molar-refractivity contribution in [2.24, 2.45) is 5.92 Å². The van der Waals surface area contributed by atoms with Gasteiger partial charge in [0, 0.05) is 12.6 Å². The standard InChI is InChI=1S/C17H22FNO2/c1-11-8-14(18)7-6-13(11)10-19-15-5-3-2-4-12(15)9-16(19)17(20)21/h6-8,12,15-16H,2-5,9-10H2,1H3,(H,20,21). The first-order chi connectivity index (χ1) is 10.1. The van der Waals surface area contributed by atoms with Gasteiger partial charge < -0.3 is 5.11 Å². The molecule has 0 spiro atoms. The predicted molar refractivity (Wildman–Crippen MR) is 78.5 cm³/mol. The van der Waals surface area contributed by atoms with E-state index in [0.29, 0.717) is 18.5 Å². The molecule has 2 fully saturated rings. The van der Waals surface area contributed by atoms with Crippen LogP contribution < -0.4 is 0 Å². The van der Waals surface area contributed by atoms with Gasteiger partial charge >= 0.3 is 5.97 Å². The van der Waals surface area contributed by atoms with Crippen molar-refractivity contribution in [3.63, 3.8) is 0 Å². The van der Waals surface area contributed by atoms with E-state index in [1.165, 1.54) is 25.0 Å². The Morgan fingerprint density at radius 1 is 1.38 bits per heavy atom. The number of nitrogens with zero attached hydrogens (tertiary/aromatic N) is 1. The Balaban J connectivity index is 1.84. The molecule has 0 amide bonds. The van der Waals surface area contributed by atoms with Crippen molar-refractivity contribution in [3.05, 3.63) is 35.1 Å². The number of halogens is 1. The molecule has 3 nitrogen and oxygen atoms in total. The molecule has 1 N–H and O–H groups in total. The number of carbonyl (C=O) groups is 1.